The van der Waals surface area contributed by atoms with E-state index in [2.05, 4.69) is 9.97 Å². The van der Waals surface area contributed by atoms with Crippen molar-refractivity contribution in [3.63, 3.8) is 0 Å². The first kappa shape index (κ1) is 18.4. The van der Waals surface area contributed by atoms with Crippen LogP contribution in [-0.2, 0) is 15.8 Å². The number of hydrogen-bond acceptors (Lipinski definition) is 5. The molecule has 0 saturated carbocycles. The van der Waals surface area contributed by atoms with Crippen LogP contribution in [0.25, 0.3) is 0 Å². The highest BCUT2D eigenvalue weighted by atomic mass is 35.5. The third-order valence-corrected chi connectivity index (χ3v) is 6.09. The summed E-state index contributed by atoms with van der Waals surface area (Å²) in [5.74, 6) is -0.0856. The summed E-state index contributed by atoms with van der Waals surface area (Å²) in [5, 5.41) is 0.939. The Labute approximate surface area is 156 Å². The number of benzene rings is 1. The van der Waals surface area contributed by atoms with Crippen molar-refractivity contribution < 1.29 is 13.2 Å². The molecule has 1 aromatic heterocycles. The molecule has 2 heterocycles. The Morgan fingerprint density at radius 2 is 1.96 bits per heavy atom. The summed E-state index contributed by atoms with van der Waals surface area (Å²) in [5.41, 5.74) is 0.663. The highest BCUT2D eigenvalue weighted by Gasteiger charge is 2.30. The van der Waals surface area contributed by atoms with E-state index in [1.54, 1.807) is 24.3 Å². The van der Waals surface area contributed by atoms with Crippen LogP contribution in [0.5, 0.6) is 6.01 Å². The minimum absolute atomic E-state index is 0.0856. The van der Waals surface area contributed by atoms with Crippen LogP contribution in [-0.4, -0.2) is 41.9 Å². The van der Waals surface area contributed by atoms with Gasteiger partial charge in [-0.3, -0.25) is 0 Å². The van der Waals surface area contributed by atoms with Gasteiger partial charge in [0.1, 0.15) is 6.10 Å². The molecule has 0 spiro atoms. The van der Waals surface area contributed by atoms with E-state index in [-0.39, 0.29) is 24.4 Å². The van der Waals surface area contributed by atoms with Crippen LogP contribution in [0.15, 0.2) is 36.7 Å². The van der Waals surface area contributed by atoms with E-state index < -0.39 is 10.0 Å². The normalized spacial score (nSPS) is 18.9. The van der Waals surface area contributed by atoms with Gasteiger partial charge in [0, 0.05) is 11.6 Å². The zero-order chi connectivity index (χ0) is 17.9. The molecule has 3 rings (SSSR count). The van der Waals surface area contributed by atoms with Gasteiger partial charge in [-0.25, -0.2) is 18.4 Å². The maximum atomic E-state index is 12.7. The van der Waals surface area contributed by atoms with E-state index >= 15 is 0 Å². The van der Waals surface area contributed by atoms with Gasteiger partial charge in [-0.1, -0.05) is 35.3 Å². The van der Waals surface area contributed by atoms with Crippen LogP contribution in [0, 0.1) is 0 Å². The number of ether oxygens (including phenoxy) is 1. The Bertz CT molecular complexity index is 831. The average molecular weight is 402 g/mol. The average Bonchev–Trinajstić information content (AvgIpc) is 2.57. The SMILES string of the molecule is O=S(=O)(Cc1cccc(Cl)c1)N1CCCC(Oc2ncc(Cl)cn2)C1. The van der Waals surface area contributed by atoms with Gasteiger partial charge in [-0.2, -0.15) is 4.31 Å². The largest absolute Gasteiger partial charge is 0.459 e. The summed E-state index contributed by atoms with van der Waals surface area (Å²) in [7, 11) is -3.45. The fourth-order valence-corrected chi connectivity index (χ4v) is 4.59. The van der Waals surface area contributed by atoms with Crippen molar-refractivity contribution >= 4 is 33.2 Å². The Morgan fingerprint density at radius 3 is 2.68 bits per heavy atom. The number of rotatable bonds is 5. The summed E-state index contributed by atoms with van der Waals surface area (Å²) in [6.07, 6.45) is 4.06. The predicted octanol–water partition coefficient (Wildman–Crippen LogP) is 3.16. The molecule has 6 nitrogen and oxygen atoms in total. The van der Waals surface area contributed by atoms with Crippen LogP contribution in [0.4, 0.5) is 0 Å². The standard InChI is InChI=1S/C16H17Cl2N3O3S/c17-13-4-1-3-12(7-13)11-25(22,23)21-6-2-5-15(10-21)24-16-19-8-14(18)9-20-16/h1,3-4,7-9,15H,2,5-6,10-11H2. The van der Waals surface area contributed by atoms with Crippen LogP contribution in [0.1, 0.15) is 18.4 Å². The Hall–Kier alpha value is -1.41. The van der Waals surface area contributed by atoms with E-state index in [0.717, 1.165) is 6.42 Å². The number of nitrogens with zero attached hydrogens (tertiary/aromatic N) is 3. The van der Waals surface area contributed by atoms with Crippen molar-refractivity contribution in [3.8, 4) is 6.01 Å². The summed E-state index contributed by atoms with van der Waals surface area (Å²) >= 11 is 11.7. The molecular weight excluding hydrogens is 385 g/mol. The molecule has 134 valence electrons. The molecule has 1 aromatic carbocycles. The van der Waals surface area contributed by atoms with Crippen LogP contribution in [0.2, 0.25) is 10.0 Å². The number of aromatic nitrogens is 2. The van der Waals surface area contributed by atoms with Crippen LogP contribution < -0.4 is 4.74 Å². The van der Waals surface area contributed by atoms with Gasteiger partial charge in [-0.15, -0.1) is 0 Å². The summed E-state index contributed by atoms with van der Waals surface area (Å²) < 4.78 is 32.5. The first-order valence-corrected chi connectivity index (χ1v) is 10.2. The minimum atomic E-state index is -3.45. The second-order valence-electron chi connectivity index (χ2n) is 5.81. The fourth-order valence-electron chi connectivity index (χ4n) is 2.69. The highest BCUT2D eigenvalue weighted by Crippen LogP contribution is 2.21. The number of sulfonamides is 1. The zero-order valence-electron chi connectivity index (χ0n) is 13.3. The van der Waals surface area contributed by atoms with E-state index in [1.807, 2.05) is 0 Å². The van der Waals surface area contributed by atoms with Crippen molar-refractivity contribution in [2.45, 2.75) is 24.7 Å². The molecule has 0 radical (unpaired) electrons. The van der Waals surface area contributed by atoms with E-state index in [9.17, 15) is 8.42 Å². The summed E-state index contributed by atoms with van der Waals surface area (Å²) in [6.45, 7) is 0.749. The van der Waals surface area contributed by atoms with Gasteiger partial charge < -0.3 is 4.74 Å². The van der Waals surface area contributed by atoms with Crippen molar-refractivity contribution in [3.05, 3.63) is 52.3 Å². The van der Waals surface area contributed by atoms with Crippen LogP contribution >= 0.6 is 23.2 Å². The third kappa shape index (κ3) is 5.04. The lowest BCUT2D eigenvalue weighted by Crippen LogP contribution is -2.44. The van der Waals surface area contributed by atoms with Gasteiger partial charge in [0.25, 0.3) is 0 Å². The quantitative estimate of drug-likeness (QED) is 0.768. The minimum Gasteiger partial charge on any atom is -0.459 e. The molecule has 1 unspecified atom stereocenters. The van der Waals surface area contributed by atoms with Crippen molar-refractivity contribution in [2.24, 2.45) is 0 Å². The first-order chi connectivity index (χ1) is 11.9. The van der Waals surface area contributed by atoms with Crippen LogP contribution in [0.3, 0.4) is 0 Å². The molecular formula is C16H17Cl2N3O3S. The number of hydrogen-bond donors (Lipinski definition) is 0. The van der Waals surface area contributed by atoms with Crippen molar-refractivity contribution in [1.82, 2.24) is 14.3 Å². The molecule has 1 aliphatic rings. The number of piperidine rings is 1. The summed E-state index contributed by atoms with van der Waals surface area (Å²) in [6, 6.07) is 7.08. The number of halogens is 2. The molecule has 2 aromatic rings. The monoisotopic (exact) mass is 401 g/mol. The van der Waals surface area contributed by atoms with E-state index in [4.69, 9.17) is 27.9 Å². The predicted molar refractivity (Wildman–Crippen MR) is 96.3 cm³/mol. The first-order valence-electron chi connectivity index (χ1n) is 7.79. The lowest BCUT2D eigenvalue weighted by molar-refractivity contribution is 0.119. The van der Waals surface area contributed by atoms with Crippen molar-refractivity contribution in [1.29, 1.82) is 0 Å². The topological polar surface area (TPSA) is 72.4 Å². The molecule has 9 heteroatoms. The van der Waals surface area contributed by atoms with Gasteiger partial charge in [0.15, 0.2) is 0 Å². The summed E-state index contributed by atoms with van der Waals surface area (Å²) in [4.78, 5) is 7.98. The van der Waals surface area contributed by atoms with Gasteiger partial charge >= 0.3 is 6.01 Å². The maximum absolute atomic E-state index is 12.7. The zero-order valence-corrected chi connectivity index (χ0v) is 15.6. The van der Waals surface area contributed by atoms with E-state index in [1.165, 1.54) is 16.7 Å². The van der Waals surface area contributed by atoms with E-state index in [0.29, 0.717) is 28.6 Å². The lowest BCUT2D eigenvalue weighted by Gasteiger charge is -2.31. The van der Waals surface area contributed by atoms with Crippen molar-refractivity contribution in [2.75, 3.05) is 13.1 Å². The Kier molecular flexibility index (Phi) is 5.78. The lowest BCUT2D eigenvalue weighted by atomic mass is 10.1. The Balaban J connectivity index is 1.66. The van der Waals surface area contributed by atoms with Gasteiger partial charge in [0.2, 0.25) is 10.0 Å². The molecule has 1 atom stereocenters. The maximum Gasteiger partial charge on any atom is 0.316 e. The molecule has 0 aliphatic carbocycles. The third-order valence-electron chi connectivity index (χ3n) is 3.84. The second kappa shape index (κ2) is 7.86. The second-order valence-corrected chi connectivity index (χ2v) is 8.65. The highest BCUT2D eigenvalue weighted by molar-refractivity contribution is 7.88. The molecule has 0 N–H and O–H groups in total. The fraction of sp³-hybridized carbons (Fsp3) is 0.375. The molecule has 1 fully saturated rings. The molecule has 25 heavy (non-hydrogen) atoms. The molecule has 1 saturated heterocycles. The van der Waals surface area contributed by atoms with Gasteiger partial charge in [-0.05, 0) is 30.5 Å². The molecule has 1 aliphatic heterocycles. The molecule has 0 amide bonds. The Morgan fingerprint density at radius 1 is 1.20 bits per heavy atom. The molecule has 0 bridgehead atoms. The van der Waals surface area contributed by atoms with Gasteiger partial charge in [0.05, 0.1) is 29.7 Å². The smallest absolute Gasteiger partial charge is 0.316 e.